The molecule has 2 N–H and O–H groups in total. The van der Waals surface area contributed by atoms with Gasteiger partial charge in [-0.15, -0.1) is 0 Å². The largest absolute Gasteiger partial charge is 0.368 e. The number of hydrogen-bond acceptors (Lipinski definition) is 3. The van der Waals surface area contributed by atoms with Gasteiger partial charge in [0.2, 0.25) is 0 Å². The molecular formula is C14H20FN3O. The predicted octanol–water partition coefficient (Wildman–Crippen LogP) is 2.57. The van der Waals surface area contributed by atoms with Crippen LogP contribution in [-0.4, -0.2) is 24.0 Å². The van der Waals surface area contributed by atoms with Crippen LogP contribution < -0.4 is 10.6 Å². The maximum absolute atomic E-state index is 14.0. The van der Waals surface area contributed by atoms with Crippen molar-refractivity contribution in [1.29, 1.82) is 0 Å². The number of aromatic nitrogens is 1. The van der Waals surface area contributed by atoms with Gasteiger partial charge in [0.1, 0.15) is 0 Å². The molecule has 1 heterocycles. The predicted molar refractivity (Wildman–Crippen MR) is 72.6 cm³/mol. The Morgan fingerprint density at radius 3 is 2.89 bits per heavy atom. The Morgan fingerprint density at radius 1 is 1.47 bits per heavy atom. The van der Waals surface area contributed by atoms with Crippen molar-refractivity contribution in [1.82, 2.24) is 10.3 Å². The molecule has 0 aliphatic heterocycles. The normalized spacial score (nSPS) is 15.5. The Balaban J connectivity index is 1.99. The van der Waals surface area contributed by atoms with E-state index in [0.29, 0.717) is 19.0 Å². The van der Waals surface area contributed by atoms with E-state index in [9.17, 15) is 9.18 Å². The van der Waals surface area contributed by atoms with E-state index in [1.807, 2.05) is 6.92 Å². The summed E-state index contributed by atoms with van der Waals surface area (Å²) in [6.45, 7) is 3.06. The first-order valence-corrected chi connectivity index (χ1v) is 6.89. The van der Waals surface area contributed by atoms with Gasteiger partial charge in [0.15, 0.2) is 11.6 Å². The summed E-state index contributed by atoms with van der Waals surface area (Å²) in [5.74, 6) is -0.252. The van der Waals surface area contributed by atoms with E-state index < -0.39 is 5.82 Å². The zero-order valence-corrected chi connectivity index (χ0v) is 11.2. The second kappa shape index (κ2) is 6.50. The van der Waals surface area contributed by atoms with Gasteiger partial charge in [0.25, 0.3) is 5.91 Å². The second-order valence-electron chi connectivity index (χ2n) is 4.91. The van der Waals surface area contributed by atoms with E-state index in [1.165, 1.54) is 25.1 Å². The van der Waals surface area contributed by atoms with Gasteiger partial charge in [0.05, 0.1) is 5.56 Å². The highest BCUT2D eigenvalue weighted by Gasteiger charge is 2.19. The van der Waals surface area contributed by atoms with Gasteiger partial charge >= 0.3 is 0 Å². The summed E-state index contributed by atoms with van der Waals surface area (Å²) in [7, 11) is 0. The van der Waals surface area contributed by atoms with Crippen molar-refractivity contribution < 1.29 is 9.18 Å². The monoisotopic (exact) mass is 265 g/mol. The summed E-state index contributed by atoms with van der Waals surface area (Å²) in [4.78, 5) is 15.9. The quantitative estimate of drug-likeness (QED) is 0.860. The van der Waals surface area contributed by atoms with Crippen LogP contribution in [0.15, 0.2) is 12.3 Å². The lowest BCUT2D eigenvalue weighted by molar-refractivity contribution is 0.0943. The molecule has 0 saturated heterocycles. The van der Waals surface area contributed by atoms with Crippen LogP contribution in [-0.2, 0) is 0 Å². The molecule has 1 saturated carbocycles. The number of pyridine rings is 1. The minimum absolute atomic E-state index is 0.0592. The van der Waals surface area contributed by atoms with Crippen LogP contribution in [0.25, 0.3) is 0 Å². The molecule has 1 aliphatic rings. The third-order valence-electron chi connectivity index (χ3n) is 3.50. The van der Waals surface area contributed by atoms with Crippen LogP contribution in [0.2, 0.25) is 0 Å². The van der Waals surface area contributed by atoms with Crippen LogP contribution in [0.1, 0.15) is 43.0 Å². The van der Waals surface area contributed by atoms with Crippen molar-refractivity contribution in [2.45, 2.75) is 32.6 Å². The molecule has 4 nitrogen and oxygen atoms in total. The topological polar surface area (TPSA) is 54.0 Å². The van der Waals surface area contributed by atoms with E-state index in [4.69, 9.17) is 0 Å². The number of hydrogen-bond donors (Lipinski definition) is 2. The Hall–Kier alpha value is -1.65. The summed E-state index contributed by atoms with van der Waals surface area (Å²) < 4.78 is 14.0. The second-order valence-corrected chi connectivity index (χ2v) is 4.91. The summed E-state index contributed by atoms with van der Waals surface area (Å²) in [6.07, 6.45) is 6.22. The highest BCUT2D eigenvalue weighted by molar-refractivity contribution is 5.95. The number of amides is 1. The number of rotatable bonds is 5. The lowest BCUT2D eigenvalue weighted by atomic mass is 10.1. The molecule has 5 heteroatoms. The molecule has 0 bridgehead atoms. The van der Waals surface area contributed by atoms with Gasteiger partial charge in [-0.25, -0.2) is 9.37 Å². The fourth-order valence-electron chi connectivity index (χ4n) is 2.46. The van der Waals surface area contributed by atoms with Gasteiger partial charge in [-0.1, -0.05) is 12.8 Å². The Kier molecular flexibility index (Phi) is 4.71. The fraction of sp³-hybridized carbons (Fsp3) is 0.571. The lowest BCUT2D eigenvalue weighted by Gasteiger charge is -2.12. The summed E-state index contributed by atoms with van der Waals surface area (Å²) in [5.41, 5.74) is 0.0592. The van der Waals surface area contributed by atoms with Crippen molar-refractivity contribution >= 4 is 11.7 Å². The van der Waals surface area contributed by atoms with Crippen molar-refractivity contribution in [2.75, 3.05) is 18.4 Å². The van der Waals surface area contributed by atoms with Crippen LogP contribution in [0, 0.1) is 11.7 Å². The molecule has 0 radical (unpaired) electrons. The first kappa shape index (κ1) is 13.8. The van der Waals surface area contributed by atoms with E-state index in [1.54, 1.807) is 0 Å². The molecule has 1 aromatic heterocycles. The van der Waals surface area contributed by atoms with Crippen molar-refractivity contribution in [3.05, 3.63) is 23.6 Å². The molecule has 1 aliphatic carbocycles. The zero-order valence-electron chi connectivity index (χ0n) is 11.2. The Morgan fingerprint density at radius 2 is 2.21 bits per heavy atom. The third-order valence-corrected chi connectivity index (χ3v) is 3.50. The first-order chi connectivity index (χ1) is 9.22. The highest BCUT2D eigenvalue weighted by atomic mass is 19.1. The molecule has 19 heavy (non-hydrogen) atoms. The van der Waals surface area contributed by atoms with Crippen LogP contribution in [0.5, 0.6) is 0 Å². The SMILES string of the molecule is CCNc1nccc(C(=O)NCC2CCCC2)c1F. The molecule has 1 amide bonds. The molecule has 0 atom stereocenters. The van der Waals surface area contributed by atoms with Gasteiger partial charge in [-0.05, 0) is 31.7 Å². The molecule has 2 rings (SSSR count). The number of carbonyl (C=O) groups excluding carboxylic acids is 1. The molecule has 0 spiro atoms. The number of nitrogens with zero attached hydrogens (tertiary/aromatic N) is 1. The van der Waals surface area contributed by atoms with Crippen molar-refractivity contribution in [2.24, 2.45) is 5.92 Å². The lowest BCUT2D eigenvalue weighted by Crippen LogP contribution is -2.29. The molecule has 0 aromatic carbocycles. The van der Waals surface area contributed by atoms with Crippen LogP contribution in [0.4, 0.5) is 10.2 Å². The van der Waals surface area contributed by atoms with Crippen molar-refractivity contribution in [3.63, 3.8) is 0 Å². The van der Waals surface area contributed by atoms with Crippen molar-refractivity contribution in [3.8, 4) is 0 Å². The zero-order chi connectivity index (χ0) is 13.7. The molecular weight excluding hydrogens is 245 g/mol. The molecule has 104 valence electrons. The Labute approximate surface area is 112 Å². The first-order valence-electron chi connectivity index (χ1n) is 6.89. The molecule has 1 aromatic rings. The average molecular weight is 265 g/mol. The smallest absolute Gasteiger partial charge is 0.254 e. The summed E-state index contributed by atoms with van der Waals surface area (Å²) in [6, 6.07) is 1.42. The van der Waals surface area contributed by atoms with E-state index >= 15 is 0 Å². The highest BCUT2D eigenvalue weighted by Crippen LogP contribution is 2.24. The fourth-order valence-corrected chi connectivity index (χ4v) is 2.46. The number of nitrogens with one attached hydrogen (secondary N) is 2. The van der Waals surface area contributed by atoms with Gasteiger partial charge in [-0.3, -0.25) is 4.79 Å². The maximum atomic E-state index is 14.0. The number of anilines is 1. The van der Waals surface area contributed by atoms with Crippen LogP contribution >= 0.6 is 0 Å². The standard InChI is InChI=1S/C14H20FN3O/c1-2-16-13-12(15)11(7-8-17-13)14(19)18-9-10-5-3-4-6-10/h7-8,10H,2-6,9H2,1H3,(H,16,17)(H,18,19). The average Bonchev–Trinajstić information content (AvgIpc) is 2.92. The van der Waals surface area contributed by atoms with Crippen LogP contribution in [0.3, 0.4) is 0 Å². The molecule has 1 fully saturated rings. The van der Waals surface area contributed by atoms with E-state index in [0.717, 1.165) is 12.8 Å². The van der Waals surface area contributed by atoms with Gasteiger partial charge in [-0.2, -0.15) is 0 Å². The minimum Gasteiger partial charge on any atom is -0.368 e. The third kappa shape index (κ3) is 3.43. The molecule has 0 unspecified atom stereocenters. The minimum atomic E-state index is -0.576. The number of carbonyl (C=O) groups is 1. The maximum Gasteiger partial charge on any atom is 0.254 e. The Bertz CT molecular complexity index is 444. The number of halogens is 1. The summed E-state index contributed by atoms with van der Waals surface area (Å²) >= 11 is 0. The van der Waals surface area contributed by atoms with E-state index in [2.05, 4.69) is 15.6 Å². The van der Waals surface area contributed by atoms with Gasteiger partial charge in [0, 0.05) is 19.3 Å². The van der Waals surface area contributed by atoms with Gasteiger partial charge < -0.3 is 10.6 Å². The van der Waals surface area contributed by atoms with E-state index in [-0.39, 0.29) is 17.3 Å². The summed E-state index contributed by atoms with van der Waals surface area (Å²) in [5, 5.41) is 5.62.